The van der Waals surface area contributed by atoms with Gasteiger partial charge in [0.2, 0.25) is 0 Å². The number of carbonyl (C=O) groups excluding carboxylic acids is 1. The van der Waals surface area contributed by atoms with Crippen LogP contribution in [0.5, 0.6) is 0 Å². The number of carboxylic acids is 1. The molecule has 0 aromatic carbocycles. The number of carbonyl (C=O) groups is 2. The van der Waals surface area contributed by atoms with Crippen molar-refractivity contribution in [3.63, 3.8) is 0 Å². The van der Waals surface area contributed by atoms with Gasteiger partial charge in [0.25, 0.3) is 0 Å². The first-order valence-corrected chi connectivity index (χ1v) is 4.08. The molecule has 0 bridgehead atoms. The first kappa shape index (κ1) is 7.73. The highest BCUT2D eigenvalue weighted by Gasteiger charge is 2.52. The average Bonchev–Trinajstić information content (AvgIpc) is 2.73. The summed E-state index contributed by atoms with van der Waals surface area (Å²) in [5, 5.41) is 8.53. The van der Waals surface area contributed by atoms with Crippen LogP contribution < -0.4 is 0 Å². The Kier molecular flexibility index (Phi) is 1.65. The number of ether oxygens (including phenoxy) is 1. The Bertz CT molecular complexity index is 235. The van der Waals surface area contributed by atoms with Gasteiger partial charge >= 0.3 is 5.97 Å². The number of hydrogen-bond acceptors (Lipinski definition) is 3. The summed E-state index contributed by atoms with van der Waals surface area (Å²) in [4.78, 5) is 21.4. The Morgan fingerprint density at radius 1 is 1.67 bits per heavy atom. The molecule has 3 atom stereocenters. The molecule has 1 aliphatic heterocycles. The van der Waals surface area contributed by atoms with E-state index in [4.69, 9.17) is 9.84 Å². The highest BCUT2D eigenvalue weighted by Crippen LogP contribution is 2.40. The van der Waals surface area contributed by atoms with Gasteiger partial charge in [0.05, 0.1) is 12.5 Å². The van der Waals surface area contributed by atoms with Crippen molar-refractivity contribution in [3.8, 4) is 0 Å². The van der Waals surface area contributed by atoms with Crippen LogP contribution in [0.3, 0.4) is 0 Å². The van der Waals surface area contributed by atoms with Crippen molar-refractivity contribution in [1.82, 2.24) is 0 Å². The zero-order valence-electron chi connectivity index (χ0n) is 6.53. The molecule has 0 spiro atoms. The summed E-state index contributed by atoms with van der Waals surface area (Å²) in [5.74, 6) is -0.601. The molecule has 0 aromatic rings. The van der Waals surface area contributed by atoms with Crippen LogP contribution in [0.1, 0.15) is 19.3 Å². The van der Waals surface area contributed by atoms with E-state index >= 15 is 0 Å². The minimum Gasteiger partial charge on any atom is -0.481 e. The molecule has 1 saturated carbocycles. The minimum absolute atomic E-state index is 0.0604. The minimum atomic E-state index is -0.802. The summed E-state index contributed by atoms with van der Waals surface area (Å²) < 4.78 is 5.09. The van der Waals surface area contributed by atoms with Crippen molar-refractivity contribution in [3.05, 3.63) is 0 Å². The van der Waals surface area contributed by atoms with Gasteiger partial charge < -0.3 is 9.84 Å². The maximum absolute atomic E-state index is 11.0. The second-order valence-corrected chi connectivity index (χ2v) is 3.38. The highest BCUT2D eigenvalue weighted by atomic mass is 16.6. The first-order chi connectivity index (χ1) is 5.68. The number of ketones is 1. The van der Waals surface area contributed by atoms with Crippen molar-refractivity contribution in [1.29, 1.82) is 0 Å². The van der Waals surface area contributed by atoms with E-state index in [1.165, 1.54) is 0 Å². The summed E-state index contributed by atoms with van der Waals surface area (Å²) in [6, 6.07) is 0. The predicted octanol–water partition coefficient (Wildman–Crippen LogP) is 0.208. The van der Waals surface area contributed by atoms with Gasteiger partial charge in [-0.25, -0.2) is 0 Å². The molecule has 0 unspecified atom stereocenters. The Morgan fingerprint density at radius 3 is 3.08 bits per heavy atom. The van der Waals surface area contributed by atoms with Crippen molar-refractivity contribution >= 4 is 11.8 Å². The molecule has 0 radical (unpaired) electrons. The molecule has 1 saturated heterocycles. The lowest BCUT2D eigenvalue weighted by molar-refractivity contribution is -0.138. The topological polar surface area (TPSA) is 66.9 Å². The third-order valence-corrected chi connectivity index (χ3v) is 2.51. The fourth-order valence-electron chi connectivity index (χ4n) is 1.82. The molecule has 12 heavy (non-hydrogen) atoms. The van der Waals surface area contributed by atoms with E-state index < -0.39 is 5.97 Å². The lowest BCUT2D eigenvalue weighted by Crippen LogP contribution is -2.25. The van der Waals surface area contributed by atoms with E-state index in [9.17, 15) is 9.59 Å². The molecule has 4 nitrogen and oxygen atoms in total. The van der Waals surface area contributed by atoms with Crippen molar-refractivity contribution in [2.75, 3.05) is 0 Å². The van der Waals surface area contributed by atoms with Gasteiger partial charge in [0, 0.05) is 6.42 Å². The van der Waals surface area contributed by atoms with Crippen LogP contribution in [0.4, 0.5) is 0 Å². The van der Waals surface area contributed by atoms with Gasteiger partial charge in [-0.2, -0.15) is 0 Å². The molecule has 2 aliphatic rings. The SMILES string of the molecule is O=C(O)C[C@H]1CCC(=O)[C@@H]2O[C@H]12. The van der Waals surface area contributed by atoms with E-state index in [2.05, 4.69) is 0 Å². The number of fused-ring (bicyclic) bond motifs is 1. The Morgan fingerprint density at radius 2 is 2.42 bits per heavy atom. The number of hydrogen-bond donors (Lipinski definition) is 1. The van der Waals surface area contributed by atoms with Gasteiger partial charge in [-0.05, 0) is 12.3 Å². The number of carboxylic acid groups (broad SMARTS) is 1. The smallest absolute Gasteiger partial charge is 0.303 e. The summed E-state index contributed by atoms with van der Waals surface area (Å²) in [6.45, 7) is 0. The highest BCUT2D eigenvalue weighted by molar-refractivity contribution is 5.87. The fourth-order valence-corrected chi connectivity index (χ4v) is 1.82. The largest absolute Gasteiger partial charge is 0.481 e. The molecule has 0 amide bonds. The Hall–Kier alpha value is -0.900. The van der Waals surface area contributed by atoms with Crippen LogP contribution in [0.2, 0.25) is 0 Å². The van der Waals surface area contributed by atoms with Gasteiger partial charge in [0.15, 0.2) is 5.78 Å². The second-order valence-electron chi connectivity index (χ2n) is 3.38. The molecule has 4 heteroatoms. The van der Waals surface area contributed by atoms with Crippen LogP contribution >= 0.6 is 0 Å². The van der Waals surface area contributed by atoms with Gasteiger partial charge in [-0.1, -0.05) is 0 Å². The quantitative estimate of drug-likeness (QED) is 0.601. The molecule has 1 heterocycles. The van der Waals surface area contributed by atoms with Crippen molar-refractivity contribution in [2.24, 2.45) is 5.92 Å². The number of rotatable bonds is 2. The molecule has 2 rings (SSSR count). The fraction of sp³-hybridized carbons (Fsp3) is 0.750. The van der Waals surface area contributed by atoms with Crippen LogP contribution in [-0.2, 0) is 14.3 Å². The molecule has 1 aliphatic carbocycles. The zero-order chi connectivity index (χ0) is 8.72. The maximum atomic E-state index is 11.0. The molecule has 0 aromatic heterocycles. The Labute approximate surface area is 69.5 Å². The average molecular weight is 170 g/mol. The third-order valence-electron chi connectivity index (χ3n) is 2.51. The Balaban J connectivity index is 1.94. The van der Waals surface area contributed by atoms with Gasteiger partial charge in [-0.3, -0.25) is 9.59 Å². The van der Waals surface area contributed by atoms with Crippen LogP contribution in [-0.4, -0.2) is 29.1 Å². The molecule has 66 valence electrons. The van der Waals surface area contributed by atoms with Gasteiger partial charge in [0.1, 0.15) is 6.10 Å². The van der Waals surface area contributed by atoms with E-state index in [1.54, 1.807) is 0 Å². The van der Waals surface area contributed by atoms with E-state index in [-0.39, 0.29) is 30.3 Å². The summed E-state index contributed by atoms with van der Waals surface area (Å²) in [7, 11) is 0. The zero-order valence-corrected chi connectivity index (χ0v) is 6.53. The normalized spacial score (nSPS) is 39.0. The lowest BCUT2D eigenvalue weighted by atomic mass is 9.86. The van der Waals surface area contributed by atoms with Crippen LogP contribution in [0, 0.1) is 5.92 Å². The summed E-state index contributed by atoms with van der Waals surface area (Å²) in [5.41, 5.74) is 0. The maximum Gasteiger partial charge on any atom is 0.303 e. The molecule has 1 N–H and O–H groups in total. The van der Waals surface area contributed by atoms with Crippen LogP contribution in [0.25, 0.3) is 0 Å². The molecular weight excluding hydrogens is 160 g/mol. The summed E-state index contributed by atoms with van der Waals surface area (Å²) in [6.07, 6.45) is 0.949. The van der Waals surface area contributed by atoms with Gasteiger partial charge in [-0.15, -0.1) is 0 Å². The van der Waals surface area contributed by atoms with Crippen LogP contribution in [0.15, 0.2) is 0 Å². The number of Topliss-reactive ketones (excluding diaryl/α,β-unsaturated/α-hetero) is 1. The van der Waals surface area contributed by atoms with Crippen molar-refractivity contribution < 1.29 is 19.4 Å². The van der Waals surface area contributed by atoms with E-state index in [0.717, 1.165) is 0 Å². The van der Waals surface area contributed by atoms with E-state index in [0.29, 0.717) is 12.8 Å². The standard InChI is InChI=1S/C8H10O4/c9-5-2-1-4(3-6(10)11)7-8(5)12-7/h4,7-8H,1-3H2,(H,10,11)/t4-,7-,8+/m1/s1. The number of aliphatic carboxylic acids is 1. The third kappa shape index (κ3) is 1.22. The second kappa shape index (κ2) is 2.55. The summed E-state index contributed by atoms with van der Waals surface area (Å²) >= 11 is 0. The molecule has 2 fully saturated rings. The first-order valence-electron chi connectivity index (χ1n) is 4.08. The predicted molar refractivity (Wildman–Crippen MR) is 38.6 cm³/mol. The lowest BCUT2D eigenvalue weighted by Gasteiger charge is -2.14. The van der Waals surface area contributed by atoms with Crippen molar-refractivity contribution in [2.45, 2.75) is 31.5 Å². The molecular formula is C8H10O4. The monoisotopic (exact) mass is 170 g/mol. The number of epoxide rings is 1. The van der Waals surface area contributed by atoms with E-state index in [1.807, 2.05) is 0 Å².